The van der Waals surface area contributed by atoms with Gasteiger partial charge in [0.05, 0.1) is 0 Å². The van der Waals surface area contributed by atoms with E-state index < -0.39 is 34.8 Å². The fourth-order valence-corrected chi connectivity index (χ4v) is 2.56. The molecule has 2 heterocycles. The maximum Gasteiger partial charge on any atom is 0.412 e. The van der Waals surface area contributed by atoms with Crippen LogP contribution >= 0.6 is 0 Å². The van der Waals surface area contributed by atoms with Crippen molar-refractivity contribution in [2.75, 3.05) is 13.1 Å². The minimum Gasteiger partial charge on any atom is -0.438 e. The van der Waals surface area contributed by atoms with Gasteiger partial charge in [0.1, 0.15) is 0 Å². The van der Waals surface area contributed by atoms with Crippen molar-refractivity contribution in [3.63, 3.8) is 0 Å². The molecule has 2 aliphatic rings. The van der Waals surface area contributed by atoms with Crippen molar-refractivity contribution in [3.05, 3.63) is 0 Å². The third-order valence-corrected chi connectivity index (χ3v) is 5.01. The molecular weight excluding hydrogens is 292 g/mol. The molecule has 8 nitrogen and oxygen atoms in total. The number of amides is 2. The van der Waals surface area contributed by atoms with Crippen molar-refractivity contribution < 1.29 is 29.3 Å². The van der Waals surface area contributed by atoms with Gasteiger partial charge in [-0.25, -0.2) is 9.59 Å². The molecule has 22 heavy (non-hydrogen) atoms. The van der Waals surface area contributed by atoms with Crippen LogP contribution in [0.3, 0.4) is 0 Å². The maximum atomic E-state index is 11.9. The van der Waals surface area contributed by atoms with Crippen molar-refractivity contribution >= 4 is 12.2 Å². The van der Waals surface area contributed by atoms with E-state index >= 15 is 0 Å². The summed E-state index contributed by atoms with van der Waals surface area (Å²) >= 11 is 0. The first-order valence-corrected chi connectivity index (χ1v) is 7.20. The predicted octanol–water partition coefficient (Wildman–Crippen LogP) is 0.865. The van der Waals surface area contributed by atoms with Crippen LogP contribution < -0.4 is 0 Å². The Balaban J connectivity index is 2.14. The number of cyclic esters (lactones) is 2. The van der Waals surface area contributed by atoms with Gasteiger partial charge in [0, 0.05) is 13.1 Å². The van der Waals surface area contributed by atoms with Crippen LogP contribution in [0.1, 0.15) is 41.5 Å². The van der Waals surface area contributed by atoms with Crippen LogP contribution in [0.15, 0.2) is 0 Å². The van der Waals surface area contributed by atoms with Crippen LogP contribution in [0.25, 0.3) is 0 Å². The number of nitrogens with zero attached hydrogens (tertiary/aromatic N) is 2. The molecule has 126 valence electrons. The number of ether oxygens (including phenoxy) is 2. The molecule has 2 atom stereocenters. The maximum absolute atomic E-state index is 11.9. The number of hydrogen-bond acceptors (Lipinski definition) is 6. The SMILES string of the molecule is CC1(C)OC(=O)N(CCN2C(=O)OC(C)(C)[C@]2(C)O)[C@@]1(C)O. The first-order chi connectivity index (χ1) is 9.74. The van der Waals surface area contributed by atoms with E-state index in [4.69, 9.17) is 9.47 Å². The molecule has 2 N–H and O–H groups in total. The van der Waals surface area contributed by atoms with Gasteiger partial charge >= 0.3 is 12.2 Å². The molecule has 2 amide bonds. The number of carbonyl (C=O) groups is 2. The fourth-order valence-electron chi connectivity index (χ4n) is 2.56. The molecule has 2 saturated heterocycles. The Kier molecular flexibility index (Phi) is 3.43. The highest BCUT2D eigenvalue weighted by molar-refractivity contribution is 5.73. The summed E-state index contributed by atoms with van der Waals surface area (Å²) in [6.07, 6.45) is -1.33. The van der Waals surface area contributed by atoms with Gasteiger partial charge in [-0.3, -0.25) is 9.80 Å². The summed E-state index contributed by atoms with van der Waals surface area (Å²) in [6, 6.07) is 0. The molecule has 0 aromatic rings. The number of rotatable bonds is 3. The lowest BCUT2D eigenvalue weighted by atomic mass is 9.95. The first kappa shape index (κ1) is 16.8. The van der Waals surface area contributed by atoms with Crippen LogP contribution in [0.2, 0.25) is 0 Å². The number of hydrogen-bond donors (Lipinski definition) is 2. The summed E-state index contributed by atoms with van der Waals surface area (Å²) in [6.45, 7) is 9.39. The van der Waals surface area contributed by atoms with Gasteiger partial charge < -0.3 is 19.7 Å². The van der Waals surface area contributed by atoms with Gasteiger partial charge in [-0.1, -0.05) is 0 Å². The Labute approximate surface area is 129 Å². The molecular formula is C14H24N2O6. The second-order valence-electron chi connectivity index (χ2n) is 7.10. The molecule has 2 aliphatic heterocycles. The average Bonchev–Trinajstić information content (AvgIpc) is 2.54. The monoisotopic (exact) mass is 316 g/mol. The van der Waals surface area contributed by atoms with Crippen molar-refractivity contribution in [1.82, 2.24) is 9.80 Å². The van der Waals surface area contributed by atoms with Gasteiger partial charge in [0.25, 0.3) is 0 Å². The van der Waals surface area contributed by atoms with Gasteiger partial charge in [-0.2, -0.15) is 0 Å². The van der Waals surface area contributed by atoms with E-state index in [1.165, 1.54) is 13.8 Å². The summed E-state index contributed by atoms with van der Waals surface area (Å²) in [7, 11) is 0. The van der Waals surface area contributed by atoms with Crippen LogP contribution in [-0.4, -0.2) is 67.9 Å². The third-order valence-electron chi connectivity index (χ3n) is 5.01. The molecule has 0 radical (unpaired) electrons. The third kappa shape index (κ3) is 2.13. The molecule has 0 unspecified atom stereocenters. The van der Waals surface area contributed by atoms with Crippen LogP contribution in [0.5, 0.6) is 0 Å². The smallest absolute Gasteiger partial charge is 0.412 e. The summed E-state index contributed by atoms with van der Waals surface area (Å²) < 4.78 is 10.3. The van der Waals surface area contributed by atoms with E-state index in [1.807, 2.05) is 0 Å². The van der Waals surface area contributed by atoms with E-state index in [9.17, 15) is 19.8 Å². The van der Waals surface area contributed by atoms with Crippen molar-refractivity contribution in [1.29, 1.82) is 0 Å². The Morgan fingerprint density at radius 2 is 1.05 bits per heavy atom. The van der Waals surface area contributed by atoms with Crippen molar-refractivity contribution in [2.45, 2.75) is 64.2 Å². The van der Waals surface area contributed by atoms with E-state index in [0.717, 1.165) is 9.80 Å². The van der Waals surface area contributed by atoms with Gasteiger partial charge in [-0.05, 0) is 41.5 Å². The lowest BCUT2D eigenvalue weighted by Crippen LogP contribution is -2.58. The quantitative estimate of drug-likeness (QED) is 0.801. The highest BCUT2D eigenvalue weighted by atomic mass is 16.6. The summed E-state index contributed by atoms with van der Waals surface area (Å²) in [5, 5.41) is 21.0. The summed E-state index contributed by atoms with van der Waals surface area (Å²) in [4.78, 5) is 26.1. The number of carbonyl (C=O) groups excluding carboxylic acids is 2. The van der Waals surface area contributed by atoms with Crippen LogP contribution in [-0.2, 0) is 9.47 Å². The van der Waals surface area contributed by atoms with E-state index in [0.29, 0.717) is 0 Å². The minimum absolute atomic E-state index is 0.0105. The van der Waals surface area contributed by atoms with Crippen molar-refractivity contribution in [3.8, 4) is 0 Å². The van der Waals surface area contributed by atoms with Gasteiger partial charge in [0.2, 0.25) is 0 Å². The fraction of sp³-hybridized carbons (Fsp3) is 0.857. The molecule has 0 aromatic heterocycles. The number of aliphatic hydroxyl groups is 2. The molecule has 2 rings (SSSR count). The minimum atomic E-state index is -1.52. The molecule has 0 aliphatic carbocycles. The lowest BCUT2D eigenvalue weighted by molar-refractivity contribution is -0.141. The molecule has 2 fully saturated rings. The van der Waals surface area contributed by atoms with Crippen LogP contribution in [0.4, 0.5) is 9.59 Å². The van der Waals surface area contributed by atoms with E-state index in [-0.39, 0.29) is 13.1 Å². The van der Waals surface area contributed by atoms with E-state index in [2.05, 4.69) is 0 Å². The van der Waals surface area contributed by atoms with Gasteiger partial charge in [-0.15, -0.1) is 0 Å². The molecule has 0 saturated carbocycles. The summed E-state index contributed by atoms with van der Waals surface area (Å²) in [5.74, 6) is 0. The molecule has 0 aromatic carbocycles. The van der Waals surface area contributed by atoms with Gasteiger partial charge in [0.15, 0.2) is 22.7 Å². The highest BCUT2D eigenvalue weighted by Crippen LogP contribution is 2.39. The average molecular weight is 316 g/mol. The zero-order chi connectivity index (χ0) is 17.1. The highest BCUT2D eigenvalue weighted by Gasteiger charge is 2.59. The first-order valence-electron chi connectivity index (χ1n) is 7.20. The summed E-state index contributed by atoms with van der Waals surface area (Å²) in [5.41, 5.74) is -5.18. The van der Waals surface area contributed by atoms with Crippen molar-refractivity contribution in [2.24, 2.45) is 0 Å². The Hall–Kier alpha value is -1.54. The predicted molar refractivity (Wildman–Crippen MR) is 75.8 cm³/mol. The molecule has 8 heteroatoms. The zero-order valence-electron chi connectivity index (χ0n) is 13.8. The Morgan fingerprint density at radius 3 is 1.23 bits per heavy atom. The second-order valence-corrected chi connectivity index (χ2v) is 7.10. The normalized spacial score (nSPS) is 36.5. The molecule has 0 bridgehead atoms. The zero-order valence-corrected chi connectivity index (χ0v) is 13.8. The Morgan fingerprint density at radius 1 is 0.773 bits per heavy atom. The molecule has 0 spiro atoms. The van der Waals surface area contributed by atoms with Crippen LogP contribution in [0, 0.1) is 0 Å². The largest absolute Gasteiger partial charge is 0.438 e. The van der Waals surface area contributed by atoms with E-state index in [1.54, 1.807) is 27.7 Å². The second kappa shape index (κ2) is 4.48. The lowest BCUT2D eigenvalue weighted by Gasteiger charge is -2.38. The standard InChI is InChI=1S/C14H24N2O6/c1-11(2)13(5,19)15(9(17)21-11)7-8-16-10(18)22-12(3,4)14(16,6)20/h19-20H,7-8H2,1-6H3/t13-,14-/m0/s1. The Bertz CT molecular complexity index is 465. The topological polar surface area (TPSA) is 99.5 Å².